The summed E-state index contributed by atoms with van der Waals surface area (Å²) in [5, 5.41) is 2.69. The minimum atomic E-state index is -4.12. The van der Waals surface area contributed by atoms with Gasteiger partial charge in [-0.05, 0) is 24.6 Å². The molecule has 0 fully saturated rings. The smallest absolute Gasteiger partial charge is 0.323 e. The van der Waals surface area contributed by atoms with Gasteiger partial charge in [0.15, 0.2) is 0 Å². The first kappa shape index (κ1) is 19.2. The Hall–Kier alpha value is -0.840. The number of esters is 2. The molecule has 0 spiro atoms. The van der Waals surface area contributed by atoms with Crippen LogP contribution in [0.5, 0.6) is 0 Å². The Morgan fingerprint density at radius 3 is 2.35 bits per heavy atom. The van der Waals surface area contributed by atoms with Crippen LogP contribution < -0.4 is 5.32 Å². The van der Waals surface area contributed by atoms with Crippen LogP contribution in [0.15, 0.2) is 0 Å². The fraction of sp³-hybridized carbons (Fsp3) is 0.800. The van der Waals surface area contributed by atoms with Crippen molar-refractivity contribution in [2.24, 2.45) is 0 Å². The minimum Gasteiger partial charge on any atom is -0.466 e. The van der Waals surface area contributed by atoms with Crippen LogP contribution in [0, 0.1) is 0 Å². The first-order valence-corrected chi connectivity index (χ1v) is 8.91. The van der Waals surface area contributed by atoms with Crippen LogP contribution in [-0.4, -0.2) is 56.5 Å². The van der Waals surface area contributed by atoms with Crippen molar-refractivity contribution in [2.75, 3.05) is 25.5 Å². The summed E-state index contributed by atoms with van der Waals surface area (Å²) < 4.78 is 39.1. The number of ether oxygens (including phenoxy) is 2. The SMILES string of the molecule is CCOC(=O)C[C@@H](NCCSS(=O)(=O)O)C(=O)OCC. The maximum absolute atomic E-state index is 11.6. The van der Waals surface area contributed by atoms with Crippen molar-refractivity contribution in [3.8, 4) is 0 Å². The Kier molecular flexibility index (Phi) is 9.55. The van der Waals surface area contributed by atoms with E-state index in [1.807, 2.05) is 0 Å². The van der Waals surface area contributed by atoms with E-state index in [4.69, 9.17) is 14.0 Å². The number of nitrogens with one attached hydrogen (secondary N) is 1. The highest BCUT2D eigenvalue weighted by molar-refractivity contribution is 8.69. The van der Waals surface area contributed by atoms with E-state index < -0.39 is 27.1 Å². The molecule has 0 saturated heterocycles. The highest BCUT2D eigenvalue weighted by Gasteiger charge is 2.23. The summed E-state index contributed by atoms with van der Waals surface area (Å²) in [7, 11) is -3.79. The fourth-order valence-electron chi connectivity index (χ4n) is 1.25. The molecular formula is C10H19NO7S2. The van der Waals surface area contributed by atoms with Gasteiger partial charge in [0, 0.05) is 12.3 Å². The number of hydrogen-bond donors (Lipinski definition) is 2. The molecule has 2 N–H and O–H groups in total. The first-order chi connectivity index (χ1) is 9.30. The summed E-state index contributed by atoms with van der Waals surface area (Å²) in [6.45, 7) is 3.75. The highest BCUT2D eigenvalue weighted by atomic mass is 33.1. The molecule has 0 heterocycles. The molecule has 8 nitrogen and oxygen atoms in total. The van der Waals surface area contributed by atoms with Gasteiger partial charge in [-0.1, -0.05) is 0 Å². The first-order valence-electron chi connectivity index (χ1n) is 5.97. The summed E-state index contributed by atoms with van der Waals surface area (Å²) in [6, 6.07) is -0.906. The molecule has 0 unspecified atom stereocenters. The number of carbonyl (C=O) groups is 2. The van der Waals surface area contributed by atoms with E-state index in [1.54, 1.807) is 13.8 Å². The average Bonchev–Trinajstić information content (AvgIpc) is 2.32. The van der Waals surface area contributed by atoms with Crippen molar-refractivity contribution in [3.05, 3.63) is 0 Å². The van der Waals surface area contributed by atoms with Crippen LogP contribution in [0.4, 0.5) is 0 Å². The Labute approximate surface area is 121 Å². The summed E-state index contributed by atoms with van der Waals surface area (Å²) >= 11 is 0. The molecule has 20 heavy (non-hydrogen) atoms. The van der Waals surface area contributed by atoms with Crippen molar-refractivity contribution in [2.45, 2.75) is 26.3 Å². The number of rotatable bonds is 10. The summed E-state index contributed by atoms with van der Waals surface area (Å²) in [6.07, 6.45) is -0.205. The molecule has 1 atom stereocenters. The number of carbonyl (C=O) groups excluding carboxylic acids is 2. The van der Waals surface area contributed by atoms with Crippen molar-refractivity contribution in [1.29, 1.82) is 0 Å². The van der Waals surface area contributed by atoms with Crippen LogP contribution >= 0.6 is 10.8 Å². The molecule has 0 aromatic rings. The molecule has 0 aromatic carbocycles. The lowest BCUT2D eigenvalue weighted by Gasteiger charge is -2.16. The van der Waals surface area contributed by atoms with E-state index in [2.05, 4.69) is 5.32 Å². The van der Waals surface area contributed by atoms with E-state index in [-0.39, 0.29) is 31.9 Å². The topological polar surface area (TPSA) is 119 Å². The van der Waals surface area contributed by atoms with Gasteiger partial charge in [-0.3, -0.25) is 14.1 Å². The maximum atomic E-state index is 11.6. The third-order valence-electron chi connectivity index (χ3n) is 1.97. The second kappa shape index (κ2) is 9.97. The second-order valence-corrected chi connectivity index (χ2v) is 6.99. The van der Waals surface area contributed by atoms with E-state index in [1.165, 1.54) is 0 Å². The van der Waals surface area contributed by atoms with Gasteiger partial charge in [-0.15, -0.1) is 0 Å². The second-order valence-electron chi connectivity index (χ2n) is 3.52. The third kappa shape index (κ3) is 10.0. The standard InChI is InChI=1S/C10H19NO7S2/c1-3-17-9(12)7-8(10(13)18-4-2)11-5-6-19-20(14,15)16/h8,11H,3-7H2,1-2H3,(H,14,15,16)/t8-/m1/s1. The summed E-state index contributed by atoms with van der Waals surface area (Å²) in [4.78, 5) is 23.0. The Bertz CT molecular complexity index is 410. The molecule has 0 radical (unpaired) electrons. The van der Waals surface area contributed by atoms with Crippen molar-refractivity contribution >= 4 is 31.9 Å². The molecule has 0 saturated carbocycles. The monoisotopic (exact) mass is 329 g/mol. The summed E-state index contributed by atoms with van der Waals surface area (Å²) in [5.41, 5.74) is 0. The van der Waals surface area contributed by atoms with Crippen LogP contribution in [0.3, 0.4) is 0 Å². The normalized spacial score (nSPS) is 12.8. The van der Waals surface area contributed by atoms with Crippen LogP contribution in [0.25, 0.3) is 0 Å². The molecule has 0 aliphatic heterocycles. The molecule has 0 bridgehead atoms. The van der Waals surface area contributed by atoms with Crippen LogP contribution in [-0.2, 0) is 28.2 Å². The Balaban J connectivity index is 4.31. The molecule has 0 aliphatic carbocycles. The zero-order valence-corrected chi connectivity index (χ0v) is 13.0. The lowest BCUT2D eigenvalue weighted by atomic mass is 10.2. The largest absolute Gasteiger partial charge is 0.466 e. The zero-order valence-electron chi connectivity index (χ0n) is 11.3. The van der Waals surface area contributed by atoms with E-state index in [0.29, 0.717) is 10.8 Å². The predicted molar refractivity (Wildman–Crippen MR) is 73.7 cm³/mol. The lowest BCUT2D eigenvalue weighted by molar-refractivity contribution is -0.152. The van der Waals surface area contributed by atoms with Gasteiger partial charge in [0.25, 0.3) is 0 Å². The van der Waals surface area contributed by atoms with Gasteiger partial charge in [-0.25, -0.2) is 0 Å². The highest BCUT2D eigenvalue weighted by Crippen LogP contribution is 2.08. The minimum absolute atomic E-state index is 0.0254. The molecule has 0 aromatic heterocycles. The van der Waals surface area contributed by atoms with E-state index >= 15 is 0 Å². The Morgan fingerprint density at radius 1 is 1.25 bits per heavy atom. The zero-order chi connectivity index (χ0) is 15.6. The molecule has 0 amide bonds. The lowest BCUT2D eigenvalue weighted by Crippen LogP contribution is -2.41. The van der Waals surface area contributed by atoms with Gasteiger partial charge in [0.2, 0.25) is 0 Å². The van der Waals surface area contributed by atoms with Gasteiger partial charge in [0.05, 0.1) is 19.6 Å². The fourth-order valence-corrected chi connectivity index (χ4v) is 2.54. The van der Waals surface area contributed by atoms with Crippen LogP contribution in [0.1, 0.15) is 20.3 Å². The average molecular weight is 329 g/mol. The molecule has 0 rings (SSSR count). The van der Waals surface area contributed by atoms with Crippen LogP contribution in [0.2, 0.25) is 0 Å². The van der Waals surface area contributed by atoms with E-state index in [9.17, 15) is 18.0 Å². The van der Waals surface area contributed by atoms with Gasteiger partial charge in [-0.2, -0.15) is 8.42 Å². The van der Waals surface area contributed by atoms with Gasteiger partial charge < -0.3 is 14.8 Å². The third-order valence-corrected chi connectivity index (χ3v) is 4.03. The maximum Gasteiger partial charge on any atom is 0.323 e. The number of hydrogen-bond acceptors (Lipinski definition) is 8. The van der Waals surface area contributed by atoms with Gasteiger partial charge >= 0.3 is 21.1 Å². The molecule has 10 heteroatoms. The molecular weight excluding hydrogens is 310 g/mol. The molecule has 118 valence electrons. The van der Waals surface area contributed by atoms with Crippen molar-refractivity contribution < 1.29 is 32.0 Å². The summed E-state index contributed by atoms with van der Waals surface area (Å²) in [5.74, 6) is -1.14. The molecule has 0 aliphatic rings. The van der Waals surface area contributed by atoms with Crippen molar-refractivity contribution in [3.63, 3.8) is 0 Å². The Morgan fingerprint density at radius 2 is 1.85 bits per heavy atom. The quantitative estimate of drug-likeness (QED) is 0.247. The van der Waals surface area contributed by atoms with Crippen molar-refractivity contribution in [1.82, 2.24) is 5.32 Å². The predicted octanol–water partition coefficient (Wildman–Crippen LogP) is -0.00310. The van der Waals surface area contributed by atoms with E-state index in [0.717, 1.165) is 0 Å². The van der Waals surface area contributed by atoms with Gasteiger partial charge in [0.1, 0.15) is 6.04 Å².